The summed E-state index contributed by atoms with van der Waals surface area (Å²) in [5, 5.41) is 7.95. The van der Waals surface area contributed by atoms with Crippen LogP contribution in [0.15, 0.2) is 41.5 Å². The van der Waals surface area contributed by atoms with Gasteiger partial charge in [-0.05, 0) is 36.6 Å². The van der Waals surface area contributed by atoms with Gasteiger partial charge in [-0.15, -0.1) is 5.10 Å². The standard InChI is InChI=1S/C18H24N6O/c1-4-13-6-5-7-14(9-13)11-21-18(25)16-10-15(8-12(2)22-16)17(19)23-24(3)20/h5-10H,4,11,20H2,1-3H3,(H2,19,23)(H,21,25). The average molecular weight is 340 g/mol. The monoisotopic (exact) mass is 340 g/mol. The molecule has 25 heavy (non-hydrogen) atoms. The molecule has 132 valence electrons. The molecule has 0 radical (unpaired) electrons. The molecule has 2 rings (SSSR count). The largest absolute Gasteiger partial charge is 0.382 e. The van der Waals surface area contributed by atoms with Crippen molar-refractivity contribution in [1.82, 2.24) is 15.4 Å². The van der Waals surface area contributed by atoms with Crippen molar-refractivity contribution in [2.24, 2.45) is 16.7 Å². The van der Waals surface area contributed by atoms with Crippen LogP contribution >= 0.6 is 0 Å². The molecule has 0 spiro atoms. The number of aromatic nitrogens is 1. The lowest BCUT2D eigenvalue weighted by Crippen LogP contribution is -2.27. The Labute approximate surface area is 147 Å². The molecule has 0 bridgehead atoms. The first-order chi connectivity index (χ1) is 11.9. The zero-order valence-electron chi connectivity index (χ0n) is 14.8. The molecular formula is C18H24N6O. The van der Waals surface area contributed by atoms with Crippen molar-refractivity contribution >= 4 is 11.7 Å². The quantitative estimate of drug-likeness (QED) is 0.318. The Bertz CT molecular complexity index is 785. The van der Waals surface area contributed by atoms with Crippen LogP contribution in [-0.4, -0.2) is 28.9 Å². The number of nitrogens with two attached hydrogens (primary N) is 2. The molecule has 5 N–H and O–H groups in total. The van der Waals surface area contributed by atoms with Crippen LogP contribution < -0.4 is 16.9 Å². The molecule has 0 fully saturated rings. The maximum absolute atomic E-state index is 12.4. The van der Waals surface area contributed by atoms with Crippen molar-refractivity contribution in [3.63, 3.8) is 0 Å². The summed E-state index contributed by atoms with van der Waals surface area (Å²) in [5.74, 6) is 5.43. The van der Waals surface area contributed by atoms with Crippen molar-refractivity contribution in [2.45, 2.75) is 26.8 Å². The van der Waals surface area contributed by atoms with E-state index in [4.69, 9.17) is 11.6 Å². The van der Waals surface area contributed by atoms with E-state index >= 15 is 0 Å². The predicted octanol–water partition coefficient (Wildman–Crippen LogP) is 1.31. The van der Waals surface area contributed by atoms with Gasteiger partial charge in [0.1, 0.15) is 5.69 Å². The SMILES string of the molecule is CCc1cccc(CNC(=O)c2cc(/C(N)=N/N(C)N)cc(C)n2)c1. The topological polar surface area (TPSA) is 110 Å². The van der Waals surface area contributed by atoms with Gasteiger partial charge in [-0.1, -0.05) is 31.2 Å². The highest BCUT2D eigenvalue weighted by Crippen LogP contribution is 2.08. The van der Waals surface area contributed by atoms with Crippen molar-refractivity contribution in [3.05, 3.63) is 64.5 Å². The van der Waals surface area contributed by atoms with E-state index in [1.807, 2.05) is 12.1 Å². The van der Waals surface area contributed by atoms with E-state index in [1.54, 1.807) is 26.1 Å². The smallest absolute Gasteiger partial charge is 0.270 e. The van der Waals surface area contributed by atoms with E-state index in [0.717, 1.165) is 17.1 Å². The molecule has 0 aliphatic carbocycles. The molecule has 7 heteroatoms. The van der Waals surface area contributed by atoms with Gasteiger partial charge in [0.15, 0.2) is 5.84 Å². The highest BCUT2D eigenvalue weighted by molar-refractivity contribution is 6.00. The minimum absolute atomic E-state index is 0.222. The van der Waals surface area contributed by atoms with E-state index in [2.05, 4.69) is 34.5 Å². The van der Waals surface area contributed by atoms with E-state index in [1.165, 1.54) is 5.56 Å². The van der Waals surface area contributed by atoms with Crippen molar-refractivity contribution in [3.8, 4) is 0 Å². The Balaban J connectivity index is 2.14. The zero-order valence-corrected chi connectivity index (χ0v) is 14.8. The van der Waals surface area contributed by atoms with Crippen LogP contribution in [0.2, 0.25) is 0 Å². The second-order valence-electron chi connectivity index (χ2n) is 5.80. The lowest BCUT2D eigenvalue weighted by atomic mass is 10.1. The molecule has 0 saturated carbocycles. The molecule has 1 heterocycles. The highest BCUT2D eigenvalue weighted by atomic mass is 16.1. The number of aryl methyl sites for hydroxylation is 2. The number of hydrogen-bond donors (Lipinski definition) is 3. The summed E-state index contributed by atoms with van der Waals surface area (Å²) in [4.78, 5) is 16.7. The first-order valence-electron chi connectivity index (χ1n) is 8.06. The van der Waals surface area contributed by atoms with Crippen LogP contribution in [0.25, 0.3) is 0 Å². The normalized spacial score (nSPS) is 11.3. The predicted molar refractivity (Wildman–Crippen MR) is 98.6 cm³/mol. The maximum atomic E-state index is 12.4. The molecule has 0 aliphatic heterocycles. The number of nitrogens with one attached hydrogen (secondary N) is 1. The summed E-state index contributed by atoms with van der Waals surface area (Å²) in [6, 6.07) is 11.5. The van der Waals surface area contributed by atoms with Gasteiger partial charge in [0.2, 0.25) is 0 Å². The number of hydrazone groups is 1. The zero-order chi connectivity index (χ0) is 18.4. The summed E-state index contributed by atoms with van der Waals surface area (Å²) in [6.45, 7) is 4.33. The molecule has 1 aromatic heterocycles. The van der Waals surface area contributed by atoms with Gasteiger partial charge in [-0.25, -0.2) is 15.9 Å². The van der Waals surface area contributed by atoms with E-state index in [9.17, 15) is 4.79 Å². The first-order valence-corrected chi connectivity index (χ1v) is 8.06. The van der Waals surface area contributed by atoms with Gasteiger partial charge in [0, 0.05) is 24.8 Å². The van der Waals surface area contributed by atoms with Crippen LogP contribution in [0.5, 0.6) is 0 Å². The first kappa shape index (κ1) is 18.4. The number of carbonyl (C=O) groups is 1. The summed E-state index contributed by atoms with van der Waals surface area (Å²) in [5.41, 5.74) is 9.75. The van der Waals surface area contributed by atoms with Gasteiger partial charge in [-0.3, -0.25) is 4.79 Å². The van der Waals surface area contributed by atoms with Crippen LogP contribution in [0.1, 0.15) is 39.8 Å². The second kappa shape index (κ2) is 8.25. The summed E-state index contributed by atoms with van der Waals surface area (Å²) in [7, 11) is 1.57. The van der Waals surface area contributed by atoms with Crippen molar-refractivity contribution in [1.29, 1.82) is 0 Å². The lowest BCUT2D eigenvalue weighted by Gasteiger charge is -2.10. The number of amides is 1. The number of carbonyl (C=O) groups excluding carboxylic acids is 1. The van der Waals surface area contributed by atoms with Crippen molar-refractivity contribution < 1.29 is 4.79 Å². The Morgan fingerprint density at radius 2 is 2.00 bits per heavy atom. The second-order valence-corrected chi connectivity index (χ2v) is 5.80. The molecule has 1 aromatic carbocycles. The Morgan fingerprint density at radius 3 is 2.68 bits per heavy atom. The van der Waals surface area contributed by atoms with E-state index in [-0.39, 0.29) is 11.7 Å². The number of benzene rings is 1. The molecule has 0 unspecified atom stereocenters. The Morgan fingerprint density at radius 1 is 1.28 bits per heavy atom. The third-order valence-electron chi connectivity index (χ3n) is 3.60. The molecule has 1 amide bonds. The molecule has 0 saturated heterocycles. The van der Waals surface area contributed by atoms with Gasteiger partial charge in [-0.2, -0.15) is 0 Å². The third kappa shape index (κ3) is 5.29. The molecular weight excluding hydrogens is 316 g/mol. The van der Waals surface area contributed by atoms with Crippen molar-refractivity contribution in [2.75, 3.05) is 7.05 Å². The third-order valence-corrected chi connectivity index (χ3v) is 3.60. The summed E-state index contributed by atoms with van der Waals surface area (Å²) in [6.07, 6.45) is 0.957. The van der Waals surface area contributed by atoms with Crippen LogP contribution in [0.3, 0.4) is 0 Å². The fourth-order valence-electron chi connectivity index (χ4n) is 2.39. The number of pyridine rings is 1. The van der Waals surface area contributed by atoms with Crippen LogP contribution in [0, 0.1) is 6.92 Å². The average Bonchev–Trinajstić information content (AvgIpc) is 2.58. The molecule has 2 aromatic rings. The highest BCUT2D eigenvalue weighted by Gasteiger charge is 2.11. The fourth-order valence-corrected chi connectivity index (χ4v) is 2.39. The van der Waals surface area contributed by atoms with E-state index < -0.39 is 0 Å². The summed E-state index contributed by atoms with van der Waals surface area (Å²) < 4.78 is 0. The van der Waals surface area contributed by atoms with E-state index in [0.29, 0.717) is 23.5 Å². The lowest BCUT2D eigenvalue weighted by molar-refractivity contribution is 0.0945. The Kier molecular flexibility index (Phi) is 6.08. The van der Waals surface area contributed by atoms with Gasteiger partial charge in [0.05, 0.1) is 0 Å². The van der Waals surface area contributed by atoms with Gasteiger partial charge >= 0.3 is 0 Å². The Hall–Kier alpha value is -2.93. The molecule has 0 atom stereocenters. The number of nitrogens with zero attached hydrogens (tertiary/aromatic N) is 3. The van der Waals surface area contributed by atoms with Crippen LogP contribution in [0.4, 0.5) is 0 Å². The molecule has 0 aliphatic rings. The molecule has 7 nitrogen and oxygen atoms in total. The fraction of sp³-hybridized carbons (Fsp3) is 0.278. The minimum atomic E-state index is -0.263. The maximum Gasteiger partial charge on any atom is 0.270 e. The number of hydrogen-bond acceptors (Lipinski definition) is 5. The minimum Gasteiger partial charge on any atom is -0.382 e. The van der Waals surface area contributed by atoms with Crippen LogP contribution in [-0.2, 0) is 13.0 Å². The number of hydrazine groups is 1. The number of amidine groups is 1. The number of rotatable bonds is 6. The van der Waals surface area contributed by atoms with Gasteiger partial charge in [0.25, 0.3) is 5.91 Å². The van der Waals surface area contributed by atoms with Gasteiger partial charge < -0.3 is 11.1 Å². The summed E-state index contributed by atoms with van der Waals surface area (Å²) >= 11 is 0.